The smallest absolute Gasteiger partial charge is 0.264 e. The standard InChI is InChI=1S/C28H30Cl2FN3O5S/c1-4-32-28(36)19(3)33(17-20-6-15-25(29)26(30)16-20)27(35)18-34(22-9-11-23(12-10-22)39-5-2)40(37,38)24-13-7-21(31)8-14-24/h6-16,19H,4-5,17-18H2,1-3H3,(H,32,36)/t19-/m0/s1. The van der Waals surface area contributed by atoms with Crippen LogP contribution in [0.5, 0.6) is 5.75 Å². The average molecular weight is 611 g/mol. The van der Waals surface area contributed by atoms with Crippen molar-refractivity contribution in [2.45, 2.75) is 38.3 Å². The molecule has 0 aliphatic carbocycles. The van der Waals surface area contributed by atoms with Crippen LogP contribution in [0.25, 0.3) is 0 Å². The number of carbonyl (C=O) groups is 2. The summed E-state index contributed by atoms with van der Waals surface area (Å²) >= 11 is 12.2. The highest BCUT2D eigenvalue weighted by Gasteiger charge is 2.32. The Morgan fingerprint density at radius 2 is 1.62 bits per heavy atom. The van der Waals surface area contributed by atoms with E-state index in [4.69, 9.17) is 27.9 Å². The van der Waals surface area contributed by atoms with Crippen molar-refractivity contribution in [2.24, 2.45) is 0 Å². The van der Waals surface area contributed by atoms with Crippen LogP contribution in [-0.2, 0) is 26.2 Å². The summed E-state index contributed by atoms with van der Waals surface area (Å²) in [6, 6.07) is 14.4. The average Bonchev–Trinajstić information content (AvgIpc) is 2.93. The van der Waals surface area contributed by atoms with Gasteiger partial charge in [-0.2, -0.15) is 0 Å². The molecular weight excluding hydrogens is 580 g/mol. The molecule has 0 spiro atoms. The molecule has 1 atom stereocenters. The summed E-state index contributed by atoms with van der Waals surface area (Å²) in [6.07, 6.45) is 0. The maximum Gasteiger partial charge on any atom is 0.264 e. The van der Waals surface area contributed by atoms with E-state index in [1.54, 1.807) is 44.2 Å². The Bertz CT molecular complexity index is 1440. The van der Waals surface area contributed by atoms with E-state index in [0.717, 1.165) is 28.6 Å². The van der Waals surface area contributed by atoms with Crippen LogP contribution in [0.15, 0.2) is 71.6 Å². The lowest BCUT2D eigenvalue weighted by molar-refractivity contribution is -0.139. The molecule has 0 unspecified atom stereocenters. The number of halogens is 3. The molecule has 3 aromatic rings. The van der Waals surface area contributed by atoms with Crippen molar-refractivity contribution in [3.63, 3.8) is 0 Å². The van der Waals surface area contributed by atoms with E-state index in [9.17, 15) is 22.4 Å². The van der Waals surface area contributed by atoms with Crippen LogP contribution >= 0.6 is 23.2 Å². The highest BCUT2D eigenvalue weighted by Crippen LogP contribution is 2.28. The van der Waals surface area contributed by atoms with Crippen molar-refractivity contribution in [3.8, 4) is 5.75 Å². The maximum absolute atomic E-state index is 13.8. The normalized spacial score (nSPS) is 11.9. The number of carbonyl (C=O) groups excluding carboxylic acids is 2. The number of hydrogen-bond acceptors (Lipinski definition) is 5. The van der Waals surface area contributed by atoms with E-state index in [2.05, 4.69) is 5.32 Å². The Hall–Kier alpha value is -3.34. The number of nitrogens with zero attached hydrogens (tertiary/aromatic N) is 2. The quantitative estimate of drug-likeness (QED) is 0.301. The molecule has 0 heterocycles. The van der Waals surface area contributed by atoms with Gasteiger partial charge in [-0.15, -0.1) is 0 Å². The van der Waals surface area contributed by atoms with Gasteiger partial charge in [0.05, 0.1) is 27.2 Å². The van der Waals surface area contributed by atoms with Gasteiger partial charge in [0, 0.05) is 13.1 Å². The molecule has 3 rings (SSSR count). The minimum Gasteiger partial charge on any atom is -0.494 e. The minimum atomic E-state index is -4.33. The van der Waals surface area contributed by atoms with E-state index in [0.29, 0.717) is 29.5 Å². The van der Waals surface area contributed by atoms with Crippen molar-refractivity contribution >= 4 is 50.7 Å². The van der Waals surface area contributed by atoms with Crippen molar-refractivity contribution in [1.29, 1.82) is 0 Å². The molecule has 0 aromatic heterocycles. The highest BCUT2D eigenvalue weighted by atomic mass is 35.5. The van der Waals surface area contributed by atoms with E-state index in [1.807, 2.05) is 6.92 Å². The Morgan fingerprint density at radius 3 is 2.20 bits per heavy atom. The Kier molecular flexibility index (Phi) is 10.8. The molecule has 214 valence electrons. The van der Waals surface area contributed by atoms with E-state index >= 15 is 0 Å². The zero-order valence-electron chi connectivity index (χ0n) is 22.2. The number of ether oxygens (including phenoxy) is 1. The van der Waals surface area contributed by atoms with E-state index < -0.39 is 40.2 Å². The maximum atomic E-state index is 13.8. The van der Waals surface area contributed by atoms with E-state index in [1.165, 1.54) is 17.0 Å². The molecule has 12 heteroatoms. The highest BCUT2D eigenvalue weighted by molar-refractivity contribution is 7.92. The summed E-state index contributed by atoms with van der Waals surface area (Å²) in [6.45, 7) is 5.19. The lowest BCUT2D eigenvalue weighted by Crippen LogP contribution is -2.51. The zero-order chi connectivity index (χ0) is 29.4. The molecule has 0 fully saturated rings. The van der Waals surface area contributed by atoms with Crippen LogP contribution in [0.1, 0.15) is 26.3 Å². The molecule has 0 aliphatic heterocycles. The van der Waals surface area contributed by atoms with Crippen LogP contribution in [0.3, 0.4) is 0 Å². The molecule has 0 radical (unpaired) electrons. The first-order chi connectivity index (χ1) is 19.0. The van der Waals surface area contributed by atoms with Crippen molar-refractivity contribution < 1.29 is 27.1 Å². The van der Waals surface area contributed by atoms with E-state index in [-0.39, 0.29) is 22.2 Å². The summed E-state index contributed by atoms with van der Waals surface area (Å²) in [5.41, 5.74) is 0.772. The Labute approximate surface area is 243 Å². The summed E-state index contributed by atoms with van der Waals surface area (Å²) < 4.78 is 47.5. The van der Waals surface area contributed by atoms with Crippen molar-refractivity contribution in [3.05, 3.63) is 88.2 Å². The zero-order valence-corrected chi connectivity index (χ0v) is 24.6. The van der Waals surface area contributed by atoms with Gasteiger partial charge in [0.1, 0.15) is 24.2 Å². The second kappa shape index (κ2) is 13.8. The Balaban J connectivity index is 2.04. The largest absolute Gasteiger partial charge is 0.494 e. The third-order valence-corrected chi connectivity index (χ3v) is 8.50. The van der Waals surface area contributed by atoms with Crippen LogP contribution in [-0.4, -0.2) is 50.9 Å². The first-order valence-electron chi connectivity index (χ1n) is 12.5. The number of rotatable bonds is 12. The summed E-state index contributed by atoms with van der Waals surface area (Å²) in [7, 11) is -4.33. The van der Waals surface area contributed by atoms with Gasteiger partial charge in [-0.3, -0.25) is 13.9 Å². The molecular formula is C28H30Cl2FN3O5S. The summed E-state index contributed by atoms with van der Waals surface area (Å²) in [5.74, 6) is -1.15. The fourth-order valence-corrected chi connectivity index (χ4v) is 5.61. The lowest BCUT2D eigenvalue weighted by atomic mass is 10.1. The van der Waals surface area contributed by atoms with Crippen molar-refractivity contribution in [1.82, 2.24) is 10.2 Å². The second-order valence-electron chi connectivity index (χ2n) is 8.73. The van der Waals surface area contributed by atoms with Gasteiger partial charge < -0.3 is 15.0 Å². The van der Waals surface area contributed by atoms with Crippen LogP contribution in [0.4, 0.5) is 10.1 Å². The van der Waals surface area contributed by atoms with Gasteiger partial charge in [0.25, 0.3) is 10.0 Å². The van der Waals surface area contributed by atoms with Gasteiger partial charge in [-0.1, -0.05) is 29.3 Å². The molecule has 40 heavy (non-hydrogen) atoms. The fourth-order valence-electron chi connectivity index (χ4n) is 3.88. The first-order valence-corrected chi connectivity index (χ1v) is 14.7. The fraction of sp³-hybridized carbons (Fsp3) is 0.286. The SMILES string of the molecule is CCNC(=O)[C@H](C)N(Cc1ccc(Cl)c(Cl)c1)C(=O)CN(c1ccc(OCC)cc1)S(=O)(=O)c1ccc(F)cc1. The Morgan fingerprint density at radius 1 is 0.975 bits per heavy atom. The number of likely N-dealkylation sites (N-methyl/N-ethyl adjacent to an activating group) is 1. The molecule has 8 nitrogen and oxygen atoms in total. The third-order valence-electron chi connectivity index (χ3n) is 5.97. The van der Waals surface area contributed by atoms with Crippen LogP contribution < -0.4 is 14.4 Å². The predicted molar refractivity (Wildman–Crippen MR) is 154 cm³/mol. The van der Waals surface area contributed by atoms with Gasteiger partial charge in [0.2, 0.25) is 11.8 Å². The molecule has 0 bridgehead atoms. The second-order valence-corrected chi connectivity index (χ2v) is 11.4. The van der Waals surface area contributed by atoms with Gasteiger partial charge >= 0.3 is 0 Å². The molecule has 0 saturated carbocycles. The summed E-state index contributed by atoms with van der Waals surface area (Å²) in [4.78, 5) is 27.7. The number of sulfonamides is 1. The van der Waals surface area contributed by atoms with Crippen molar-refractivity contribution in [2.75, 3.05) is 24.0 Å². The first kappa shape index (κ1) is 31.2. The minimum absolute atomic E-state index is 0.0399. The molecule has 0 saturated heterocycles. The number of hydrogen-bond donors (Lipinski definition) is 1. The number of benzene rings is 3. The number of nitrogens with one attached hydrogen (secondary N) is 1. The molecule has 2 amide bonds. The monoisotopic (exact) mass is 609 g/mol. The molecule has 3 aromatic carbocycles. The number of anilines is 1. The summed E-state index contributed by atoms with van der Waals surface area (Å²) in [5, 5.41) is 3.29. The lowest BCUT2D eigenvalue weighted by Gasteiger charge is -2.32. The molecule has 1 N–H and O–H groups in total. The predicted octanol–water partition coefficient (Wildman–Crippen LogP) is 5.28. The van der Waals surface area contributed by atoms with Gasteiger partial charge in [0.15, 0.2) is 0 Å². The topological polar surface area (TPSA) is 96.0 Å². The van der Waals surface area contributed by atoms with Crippen LogP contribution in [0.2, 0.25) is 10.0 Å². The van der Waals surface area contributed by atoms with Crippen LogP contribution in [0, 0.1) is 5.82 Å². The van der Waals surface area contributed by atoms with Gasteiger partial charge in [-0.25, -0.2) is 12.8 Å². The van der Waals surface area contributed by atoms with Gasteiger partial charge in [-0.05, 0) is 87.0 Å². The third kappa shape index (κ3) is 7.65. The molecule has 0 aliphatic rings. The number of amides is 2.